The van der Waals surface area contributed by atoms with E-state index in [9.17, 15) is 4.79 Å². The van der Waals surface area contributed by atoms with Crippen LogP contribution in [0.2, 0.25) is 0 Å². The second-order valence-corrected chi connectivity index (χ2v) is 8.17. The number of carbonyl (C=O) groups is 1. The molecule has 0 radical (unpaired) electrons. The van der Waals surface area contributed by atoms with Crippen molar-refractivity contribution in [2.24, 2.45) is 0 Å². The van der Waals surface area contributed by atoms with Gasteiger partial charge in [0.2, 0.25) is 0 Å². The minimum atomic E-state index is -0.311. The molecule has 0 saturated carbocycles. The van der Waals surface area contributed by atoms with E-state index in [-0.39, 0.29) is 11.7 Å². The fourth-order valence-electron chi connectivity index (χ4n) is 2.98. The first-order chi connectivity index (χ1) is 14.1. The van der Waals surface area contributed by atoms with Crippen LogP contribution in [0.4, 0.5) is 5.69 Å². The number of anilines is 1. The Balaban J connectivity index is 1.71. The molecule has 4 aromatic rings. The number of aromatic nitrogens is 4. The predicted octanol–water partition coefficient (Wildman–Crippen LogP) is 5.14. The summed E-state index contributed by atoms with van der Waals surface area (Å²) in [5.41, 5.74) is 2.77. The molecule has 1 N–H and O–H groups in total. The highest BCUT2D eigenvalue weighted by atomic mass is 79.9. The number of aryl methyl sites for hydroxylation is 1. The molecule has 0 unspecified atom stereocenters. The lowest BCUT2D eigenvalue weighted by Crippen LogP contribution is -2.11. The first kappa shape index (κ1) is 19.7. The maximum Gasteiger partial charge on any atom is 0.291 e. The summed E-state index contributed by atoms with van der Waals surface area (Å²) < 4.78 is 7.62. The molecule has 0 bridgehead atoms. The smallest absolute Gasteiger partial charge is 0.291 e. The molecular formula is C20H18BrN5O2S. The van der Waals surface area contributed by atoms with Crippen LogP contribution in [-0.2, 0) is 6.42 Å². The summed E-state index contributed by atoms with van der Waals surface area (Å²) >= 11 is 4.76. The standard InChI is InChI=1S/C20H18BrN5O2S/c1-3-6-13-12(2)24-20-22-11-23-26(20)19(13)29-16-8-5-4-7-14(16)25-18(27)15-9-10-17(21)28-15/h4-5,7-11H,3,6H2,1-2H3,(H,25,27). The van der Waals surface area contributed by atoms with Crippen molar-refractivity contribution in [2.45, 2.75) is 36.6 Å². The lowest BCUT2D eigenvalue weighted by molar-refractivity contribution is 0.0995. The summed E-state index contributed by atoms with van der Waals surface area (Å²) in [4.78, 5) is 22.2. The van der Waals surface area contributed by atoms with Gasteiger partial charge in [0.05, 0.1) is 5.69 Å². The monoisotopic (exact) mass is 471 g/mol. The molecule has 1 aromatic carbocycles. The average molecular weight is 472 g/mol. The Morgan fingerprint density at radius 2 is 2.10 bits per heavy atom. The summed E-state index contributed by atoms with van der Waals surface area (Å²) in [5, 5.41) is 8.24. The van der Waals surface area contributed by atoms with Crippen LogP contribution in [0.3, 0.4) is 0 Å². The summed E-state index contributed by atoms with van der Waals surface area (Å²) in [6.07, 6.45) is 3.37. The molecule has 1 amide bonds. The Morgan fingerprint density at radius 1 is 1.28 bits per heavy atom. The fraction of sp³-hybridized carbons (Fsp3) is 0.200. The van der Waals surface area contributed by atoms with E-state index in [1.165, 1.54) is 18.1 Å². The number of para-hydroxylation sites is 1. The topological polar surface area (TPSA) is 85.3 Å². The van der Waals surface area contributed by atoms with Crippen LogP contribution in [0.25, 0.3) is 5.78 Å². The molecule has 148 valence electrons. The van der Waals surface area contributed by atoms with Crippen molar-refractivity contribution in [3.05, 3.63) is 64.4 Å². The van der Waals surface area contributed by atoms with Crippen LogP contribution < -0.4 is 5.32 Å². The van der Waals surface area contributed by atoms with E-state index in [1.807, 2.05) is 31.2 Å². The number of carbonyl (C=O) groups excluding carboxylic acids is 1. The highest BCUT2D eigenvalue weighted by Gasteiger charge is 2.18. The van der Waals surface area contributed by atoms with Gasteiger partial charge < -0.3 is 9.73 Å². The molecule has 0 saturated heterocycles. The summed E-state index contributed by atoms with van der Waals surface area (Å²) in [6.45, 7) is 4.13. The van der Waals surface area contributed by atoms with Crippen LogP contribution in [0.15, 0.2) is 61.7 Å². The van der Waals surface area contributed by atoms with Crippen molar-refractivity contribution in [2.75, 3.05) is 5.32 Å². The molecule has 7 nitrogen and oxygen atoms in total. The van der Waals surface area contributed by atoms with Gasteiger partial charge in [0.15, 0.2) is 10.4 Å². The van der Waals surface area contributed by atoms with Gasteiger partial charge in [-0.2, -0.15) is 14.6 Å². The van der Waals surface area contributed by atoms with Gasteiger partial charge in [0.25, 0.3) is 11.7 Å². The van der Waals surface area contributed by atoms with Gasteiger partial charge >= 0.3 is 0 Å². The largest absolute Gasteiger partial charge is 0.444 e. The van der Waals surface area contributed by atoms with Crippen molar-refractivity contribution in [3.63, 3.8) is 0 Å². The average Bonchev–Trinajstić information content (AvgIpc) is 3.34. The van der Waals surface area contributed by atoms with Gasteiger partial charge in [0, 0.05) is 16.2 Å². The summed E-state index contributed by atoms with van der Waals surface area (Å²) in [6, 6.07) is 11.0. The van der Waals surface area contributed by atoms with Crippen molar-refractivity contribution >= 4 is 45.1 Å². The van der Waals surface area contributed by atoms with Gasteiger partial charge in [-0.1, -0.05) is 37.2 Å². The molecule has 3 heterocycles. The van der Waals surface area contributed by atoms with Gasteiger partial charge in [-0.05, 0) is 53.5 Å². The lowest BCUT2D eigenvalue weighted by atomic mass is 10.1. The summed E-state index contributed by atoms with van der Waals surface area (Å²) in [7, 11) is 0. The number of hydrogen-bond acceptors (Lipinski definition) is 6. The van der Waals surface area contributed by atoms with Crippen molar-refractivity contribution < 1.29 is 9.21 Å². The number of nitrogens with zero attached hydrogens (tertiary/aromatic N) is 4. The van der Waals surface area contributed by atoms with Crippen LogP contribution in [-0.4, -0.2) is 25.5 Å². The predicted molar refractivity (Wildman–Crippen MR) is 114 cm³/mol. The molecule has 0 fully saturated rings. The first-order valence-electron chi connectivity index (χ1n) is 9.09. The first-order valence-corrected chi connectivity index (χ1v) is 10.7. The normalized spacial score (nSPS) is 11.1. The molecule has 0 spiro atoms. The van der Waals surface area contributed by atoms with Crippen molar-refractivity contribution in [1.82, 2.24) is 19.6 Å². The number of rotatable bonds is 6. The molecule has 0 atom stereocenters. The zero-order valence-corrected chi connectivity index (χ0v) is 18.2. The Morgan fingerprint density at radius 3 is 2.86 bits per heavy atom. The Kier molecular flexibility index (Phi) is 5.68. The number of amides is 1. The molecule has 9 heteroatoms. The van der Waals surface area contributed by atoms with Crippen LogP contribution in [0.1, 0.15) is 35.2 Å². The van der Waals surface area contributed by atoms with E-state index in [2.05, 4.69) is 43.2 Å². The third-order valence-corrected chi connectivity index (χ3v) is 5.94. The highest BCUT2D eigenvalue weighted by Crippen LogP contribution is 2.36. The second-order valence-electron chi connectivity index (χ2n) is 6.36. The molecule has 0 aliphatic rings. The maximum absolute atomic E-state index is 12.6. The Bertz CT molecular complexity index is 1190. The van der Waals surface area contributed by atoms with Crippen LogP contribution >= 0.6 is 27.7 Å². The minimum Gasteiger partial charge on any atom is -0.444 e. The highest BCUT2D eigenvalue weighted by molar-refractivity contribution is 9.10. The van der Waals surface area contributed by atoms with E-state index in [0.717, 1.165) is 34.0 Å². The van der Waals surface area contributed by atoms with Gasteiger partial charge in [-0.25, -0.2) is 4.98 Å². The van der Waals surface area contributed by atoms with Crippen LogP contribution in [0, 0.1) is 6.92 Å². The number of furan rings is 1. The fourth-order valence-corrected chi connectivity index (χ4v) is 4.46. The van der Waals surface area contributed by atoms with Crippen LogP contribution in [0.5, 0.6) is 0 Å². The van der Waals surface area contributed by atoms with Gasteiger partial charge in [-0.3, -0.25) is 4.79 Å². The van der Waals surface area contributed by atoms with E-state index < -0.39 is 0 Å². The molecule has 0 aliphatic carbocycles. The number of halogens is 1. The van der Waals surface area contributed by atoms with Crippen molar-refractivity contribution in [3.8, 4) is 0 Å². The molecule has 0 aliphatic heterocycles. The number of hydrogen-bond donors (Lipinski definition) is 1. The second kappa shape index (κ2) is 8.38. The minimum absolute atomic E-state index is 0.238. The molecule has 4 rings (SSSR count). The van der Waals surface area contributed by atoms with Crippen molar-refractivity contribution in [1.29, 1.82) is 0 Å². The lowest BCUT2D eigenvalue weighted by Gasteiger charge is -2.15. The number of fused-ring (bicyclic) bond motifs is 1. The number of benzene rings is 1. The molecular weight excluding hydrogens is 454 g/mol. The molecule has 29 heavy (non-hydrogen) atoms. The summed E-state index contributed by atoms with van der Waals surface area (Å²) in [5.74, 6) is 0.489. The molecule has 3 aromatic heterocycles. The van der Waals surface area contributed by atoms with E-state index >= 15 is 0 Å². The maximum atomic E-state index is 12.6. The Labute approximate surface area is 180 Å². The quantitative estimate of drug-likeness (QED) is 0.391. The zero-order chi connectivity index (χ0) is 20.4. The van der Waals surface area contributed by atoms with Gasteiger partial charge in [0.1, 0.15) is 11.4 Å². The zero-order valence-electron chi connectivity index (χ0n) is 15.8. The Hall–Kier alpha value is -2.65. The van der Waals surface area contributed by atoms with E-state index in [0.29, 0.717) is 16.1 Å². The third-order valence-electron chi connectivity index (χ3n) is 4.32. The number of nitrogens with one attached hydrogen (secondary N) is 1. The third kappa shape index (κ3) is 4.06. The van der Waals surface area contributed by atoms with E-state index in [4.69, 9.17) is 4.42 Å². The van der Waals surface area contributed by atoms with E-state index in [1.54, 1.807) is 16.6 Å². The SMILES string of the molecule is CCCc1c(C)nc2ncnn2c1Sc1ccccc1NC(=O)c1ccc(Br)o1. The van der Waals surface area contributed by atoms with Gasteiger partial charge in [-0.15, -0.1) is 0 Å².